The zero-order valence-electron chi connectivity index (χ0n) is 6.28. The summed E-state index contributed by atoms with van der Waals surface area (Å²) < 4.78 is 0. The molecule has 1 heterocycles. The summed E-state index contributed by atoms with van der Waals surface area (Å²) in [6, 6.07) is 12.2. The Bertz CT molecular complexity index is 449. The molecule has 0 saturated carbocycles. The van der Waals surface area contributed by atoms with Crippen LogP contribution in [0.4, 0.5) is 0 Å². The first-order valence-electron chi connectivity index (χ1n) is 3.57. The lowest BCUT2D eigenvalue weighted by atomic mass is 10.1. The molecule has 0 N–H and O–H groups in total. The van der Waals surface area contributed by atoms with Crippen molar-refractivity contribution in [1.82, 2.24) is 4.98 Å². The van der Waals surface area contributed by atoms with Crippen LogP contribution in [0, 0.1) is 17.4 Å². The van der Waals surface area contributed by atoms with Crippen LogP contribution in [0.3, 0.4) is 0 Å². The molecule has 55 valence electrons. The molecule has 2 heteroatoms. The van der Waals surface area contributed by atoms with E-state index in [9.17, 15) is 0 Å². The number of pyridine rings is 1. The normalized spacial score (nSPS) is 9.58. The molecule has 1 radical (unpaired) electrons. The smallest absolute Gasteiger partial charge is 0.0998 e. The minimum atomic E-state index is 0.650. The number of nitriles is 1. The van der Waals surface area contributed by atoms with Crippen molar-refractivity contribution in [2.75, 3.05) is 0 Å². The van der Waals surface area contributed by atoms with Crippen molar-refractivity contribution in [3.63, 3.8) is 0 Å². The van der Waals surface area contributed by atoms with Gasteiger partial charge in [0, 0.05) is 17.6 Å². The second-order valence-electron chi connectivity index (χ2n) is 2.40. The highest BCUT2D eigenvalue weighted by Crippen LogP contribution is 2.13. The lowest BCUT2D eigenvalue weighted by Gasteiger charge is -1.95. The van der Waals surface area contributed by atoms with E-state index < -0.39 is 0 Å². The van der Waals surface area contributed by atoms with E-state index in [1.54, 1.807) is 18.3 Å². The SMILES string of the molecule is N#Cc1cc[c]c2ncccc12. The van der Waals surface area contributed by atoms with Crippen LogP contribution in [0.2, 0.25) is 0 Å². The van der Waals surface area contributed by atoms with Crippen LogP contribution >= 0.6 is 0 Å². The molecule has 2 rings (SSSR count). The standard InChI is InChI=1S/C10H5N2/c11-7-8-3-1-5-10-9(8)4-2-6-12-10/h1-4,6H. The van der Waals surface area contributed by atoms with Crippen molar-refractivity contribution in [2.45, 2.75) is 0 Å². The first-order valence-corrected chi connectivity index (χ1v) is 3.57. The van der Waals surface area contributed by atoms with Gasteiger partial charge >= 0.3 is 0 Å². The van der Waals surface area contributed by atoms with Crippen molar-refractivity contribution in [1.29, 1.82) is 5.26 Å². The summed E-state index contributed by atoms with van der Waals surface area (Å²) in [6.45, 7) is 0. The molecule has 0 fully saturated rings. The average molecular weight is 153 g/mol. The molecule has 0 atom stereocenters. The molecule has 0 bridgehead atoms. The fourth-order valence-corrected chi connectivity index (χ4v) is 1.13. The molecule has 0 spiro atoms. The third kappa shape index (κ3) is 0.923. The fourth-order valence-electron chi connectivity index (χ4n) is 1.13. The van der Waals surface area contributed by atoms with Crippen molar-refractivity contribution in [3.8, 4) is 6.07 Å². The molecular formula is C10H5N2. The Morgan fingerprint density at radius 1 is 1.42 bits per heavy atom. The molecule has 0 aliphatic carbocycles. The zero-order valence-corrected chi connectivity index (χ0v) is 6.28. The van der Waals surface area contributed by atoms with E-state index in [1.165, 1.54) is 0 Å². The minimum Gasteiger partial charge on any atom is -0.256 e. The number of nitrogens with zero attached hydrogens (tertiary/aromatic N) is 2. The predicted molar refractivity (Wildman–Crippen MR) is 45.3 cm³/mol. The number of benzene rings is 1. The molecule has 2 aromatic rings. The molecule has 12 heavy (non-hydrogen) atoms. The van der Waals surface area contributed by atoms with Gasteiger partial charge in [-0.05, 0) is 18.2 Å². The van der Waals surface area contributed by atoms with Crippen molar-refractivity contribution >= 4 is 10.9 Å². The molecule has 1 aromatic carbocycles. The Hall–Kier alpha value is -1.88. The monoisotopic (exact) mass is 153 g/mol. The lowest BCUT2D eigenvalue weighted by Crippen LogP contribution is -1.81. The van der Waals surface area contributed by atoms with Gasteiger partial charge in [0.1, 0.15) is 0 Å². The Balaban J connectivity index is 2.91. The maximum atomic E-state index is 8.74. The Labute approximate surface area is 70.1 Å². The Morgan fingerprint density at radius 2 is 2.33 bits per heavy atom. The van der Waals surface area contributed by atoms with Crippen LogP contribution < -0.4 is 0 Å². The molecule has 1 aromatic heterocycles. The summed E-state index contributed by atoms with van der Waals surface area (Å²) in [5, 5.41) is 9.61. The van der Waals surface area contributed by atoms with Gasteiger partial charge in [0.15, 0.2) is 0 Å². The topological polar surface area (TPSA) is 36.7 Å². The molecule has 2 nitrogen and oxygen atoms in total. The van der Waals surface area contributed by atoms with E-state index in [0.717, 1.165) is 10.9 Å². The van der Waals surface area contributed by atoms with Crippen LogP contribution in [0.1, 0.15) is 5.56 Å². The van der Waals surface area contributed by atoms with Gasteiger partial charge < -0.3 is 0 Å². The van der Waals surface area contributed by atoms with Crippen LogP contribution in [-0.2, 0) is 0 Å². The minimum absolute atomic E-state index is 0.650. The maximum absolute atomic E-state index is 8.74. The van der Waals surface area contributed by atoms with Gasteiger partial charge in [-0.2, -0.15) is 5.26 Å². The van der Waals surface area contributed by atoms with E-state index in [4.69, 9.17) is 5.26 Å². The summed E-state index contributed by atoms with van der Waals surface area (Å²) in [7, 11) is 0. The maximum Gasteiger partial charge on any atom is 0.0998 e. The van der Waals surface area contributed by atoms with Crippen LogP contribution in [0.15, 0.2) is 30.5 Å². The number of fused-ring (bicyclic) bond motifs is 1. The molecule has 0 aliphatic rings. The van der Waals surface area contributed by atoms with Gasteiger partial charge in [0.05, 0.1) is 17.1 Å². The van der Waals surface area contributed by atoms with Crippen molar-refractivity contribution < 1.29 is 0 Å². The van der Waals surface area contributed by atoms with Gasteiger partial charge in [0.25, 0.3) is 0 Å². The summed E-state index contributed by atoms with van der Waals surface area (Å²) >= 11 is 0. The lowest BCUT2D eigenvalue weighted by molar-refractivity contribution is 1.40. The van der Waals surface area contributed by atoms with E-state index in [-0.39, 0.29) is 0 Å². The van der Waals surface area contributed by atoms with Gasteiger partial charge in [-0.3, -0.25) is 4.98 Å². The summed E-state index contributed by atoms with van der Waals surface area (Å²) in [6.07, 6.45) is 1.69. The molecule has 0 amide bonds. The molecule has 0 unspecified atom stereocenters. The van der Waals surface area contributed by atoms with E-state index in [1.807, 2.05) is 12.1 Å². The van der Waals surface area contributed by atoms with E-state index in [2.05, 4.69) is 17.1 Å². The van der Waals surface area contributed by atoms with Gasteiger partial charge in [-0.1, -0.05) is 6.07 Å². The Kier molecular flexibility index (Phi) is 1.49. The first-order chi connectivity index (χ1) is 5.92. The summed E-state index contributed by atoms with van der Waals surface area (Å²) in [4.78, 5) is 4.08. The summed E-state index contributed by atoms with van der Waals surface area (Å²) in [5.41, 5.74) is 1.40. The number of hydrogen-bond donors (Lipinski definition) is 0. The summed E-state index contributed by atoms with van der Waals surface area (Å²) in [5.74, 6) is 0. The third-order valence-corrected chi connectivity index (χ3v) is 1.69. The molecule has 0 aliphatic heterocycles. The van der Waals surface area contributed by atoms with E-state index >= 15 is 0 Å². The van der Waals surface area contributed by atoms with Gasteiger partial charge in [-0.25, -0.2) is 0 Å². The van der Waals surface area contributed by atoms with Crippen LogP contribution in [0.25, 0.3) is 10.9 Å². The fraction of sp³-hybridized carbons (Fsp3) is 0. The number of hydrogen-bond acceptors (Lipinski definition) is 2. The van der Waals surface area contributed by atoms with Crippen LogP contribution in [0.5, 0.6) is 0 Å². The highest BCUT2D eigenvalue weighted by molar-refractivity contribution is 5.83. The highest BCUT2D eigenvalue weighted by atomic mass is 14.6. The number of aromatic nitrogens is 1. The zero-order chi connectivity index (χ0) is 8.39. The van der Waals surface area contributed by atoms with Crippen molar-refractivity contribution in [2.24, 2.45) is 0 Å². The van der Waals surface area contributed by atoms with Gasteiger partial charge in [-0.15, -0.1) is 0 Å². The molecular weight excluding hydrogens is 148 g/mol. The van der Waals surface area contributed by atoms with Gasteiger partial charge in [0.2, 0.25) is 0 Å². The first kappa shape index (κ1) is 6.81. The molecule has 0 saturated heterocycles. The second kappa shape index (κ2) is 2.63. The van der Waals surface area contributed by atoms with Crippen molar-refractivity contribution in [3.05, 3.63) is 42.1 Å². The largest absolute Gasteiger partial charge is 0.256 e. The Morgan fingerprint density at radius 3 is 3.17 bits per heavy atom. The third-order valence-electron chi connectivity index (χ3n) is 1.69. The predicted octanol–water partition coefficient (Wildman–Crippen LogP) is 1.91. The van der Waals surface area contributed by atoms with Crippen LogP contribution in [-0.4, -0.2) is 4.98 Å². The van der Waals surface area contributed by atoms with E-state index in [0.29, 0.717) is 5.56 Å². The second-order valence-corrected chi connectivity index (χ2v) is 2.40. The quantitative estimate of drug-likeness (QED) is 0.579. The average Bonchev–Trinajstić information content (AvgIpc) is 2.17. The number of rotatable bonds is 0. The highest BCUT2D eigenvalue weighted by Gasteiger charge is 1.97.